The molecule has 0 unspecified atom stereocenters. The first-order valence-electron chi connectivity index (χ1n) is 4.59. The molecule has 0 bridgehead atoms. The van der Waals surface area contributed by atoms with E-state index >= 15 is 0 Å². The van der Waals surface area contributed by atoms with Crippen LogP contribution in [0, 0.1) is 11.3 Å². The van der Waals surface area contributed by atoms with Crippen molar-refractivity contribution in [2.45, 2.75) is 6.54 Å². The number of anilines is 2. The van der Waals surface area contributed by atoms with Crippen LogP contribution in [0.25, 0.3) is 0 Å². The summed E-state index contributed by atoms with van der Waals surface area (Å²) < 4.78 is 4.91. The minimum atomic E-state index is 0.211. The number of nitriles is 1. The van der Waals surface area contributed by atoms with Gasteiger partial charge < -0.3 is 15.6 Å². The molecular formula is C10H9N5O. The summed E-state index contributed by atoms with van der Waals surface area (Å²) in [6.45, 7) is 0.460. The highest BCUT2D eigenvalue weighted by Crippen LogP contribution is 2.12. The van der Waals surface area contributed by atoms with Crippen LogP contribution >= 0.6 is 0 Å². The molecule has 16 heavy (non-hydrogen) atoms. The average molecular weight is 215 g/mol. The van der Waals surface area contributed by atoms with Crippen LogP contribution in [0.2, 0.25) is 0 Å². The SMILES string of the molecule is N#Cc1nc(NCc2ccno2)ccc1N. The minimum absolute atomic E-state index is 0.211. The zero-order valence-corrected chi connectivity index (χ0v) is 8.34. The van der Waals surface area contributed by atoms with E-state index in [0.29, 0.717) is 23.8 Å². The van der Waals surface area contributed by atoms with E-state index in [1.54, 1.807) is 24.4 Å². The number of pyridine rings is 1. The van der Waals surface area contributed by atoms with E-state index in [9.17, 15) is 0 Å². The Hall–Kier alpha value is -2.55. The fraction of sp³-hybridized carbons (Fsp3) is 0.100. The first-order valence-corrected chi connectivity index (χ1v) is 4.59. The number of rotatable bonds is 3. The molecule has 0 aromatic carbocycles. The summed E-state index contributed by atoms with van der Waals surface area (Å²) in [6.07, 6.45) is 1.56. The van der Waals surface area contributed by atoms with Gasteiger partial charge in [-0.15, -0.1) is 0 Å². The number of nitrogens with zero attached hydrogens (tertiary/aromatic N) is 3. The van der Waals surface area contributed by atoms with E-state index in [1.165, 1.54) is 0 Å². The largest absolute Gasteiger partial charge is 0.396 e. The standard InChI is InChI=1S/C10H9N5O/c11-5-9-8(12)1-2-10(15-9)13-6-7-3-4-14-16-7/h1-4H,6,12H2,(H,13,15). The van der Waals surface area contributed by atoms with Gasteiger partial charge in [-0.05, 0) is 12.1 Å². The molecule has 2 aromatic heterocycles. The van der Waals surface area contributed by atoms with Crippen molar-refractivity contribution in [3.63, 3.8) is 0 Å². The molecule has 0 spiro atoms. The van der Waals surface area contributed by atoms with E-state index in [2.05, 4.69) is 15.5 Å². The Morgan fingerprint density at radius 1 is 1.44 bits per heavy atom. The Kier molecular flexibility index (Phi) is 2.69. The number of aromatic nitrogens is 2. The summed E-state index contributed by atoms with van der Waals surface area (Å²) >= 11 is 0. The quantitative estimate of drug-likeness (QED) is 0.796. The molecule has 0 aliphatic carbocycles. The fourth-order valence-electron chi connectivity index (χ4n) is 1.17. The van der Waals surface area contributed by atoms with E-state index in [4.69, 9.17) is 15.5 Å². The second-order valence-corrected chi connectivity index (χ2v) is 3.08. The average Bonchev–Trinajstić information content (AvgIpc) is 2.81. The number of nitrogen functional groups attached to an aromatic ring is 1. The molecule has 0 saturated heterocycles. The molecule has 2 heterocycles. The van der Waals surface area contributed by atoms with Gasteiger partial charge in [-0.25, -0.2) is 4.98 Å². The van der Waals surface area contributed by atoms with Crippen molar-refractivity contribution in [2.24, 2.45) is 0 Å². The summed E-state index contributed by atoms with van der Waals surface area (Å²) in [5.74, 6) is 1.26. The van der Waals surface area contributed by atoms with Crippen LogP contribution in [0.5, 0.6) is 0 Å². The van der Waals surface area contributed by atoms with Crippen molar-refractivity contribution in [3.05, 3.63) is 35.9 Å². The zero-order valence-electron chi connectivity index (χ0n) is 8.34. The Bertz CT molecular complexity index is 515. The third kappa shape index (κ3) is 2.09. The maximum Gasteiger partial charge on any atom is 0.165 e. The number of nitrogens with two attached hydrogens (primary N) is 1. The van der Waals surface area contributed by atoms with E-state index in [-0.39, 0.29) is 5.69 Å². The van der Waals surface area contributed by atoms with E-state index < -0.39 is 0 Å². The van der Waals surface area contributed by atoms with E-state index in [0.717, 1.165) is 0 Å². The second-order valence-electron chi connectivity index (χ2n) is 3.08. The Balaban J connectivity index is 2.08. The summed E-state index contributed by atoms with van der Waals surface area (Å²) in [4.78, 5) is 4.03. The van der Waals surface area contributed by atoms with Crippen molar-refractivity contribution >= 4 is 11.5 Å². The highest BCUT2D eigenvalue weighted by molar-refractivity contribution is 5.54. The van der Waals surface area contributed by atoms with Crippen LogP contribution in [-0.2, 0) is 6.54 Å². The topological polar surface area (TPSA) is 101 Å². The monoisotopic (exact) mass is 215 g/mol. The third-order valence-corrected chi connectivity index (χ3v) is 1.97. The first kappa shape index (κ1) is 9.98. The maximum atomic E-state index is 8.75. The molecule has 0 atom stereocenters. The first-order chi connectivity index (χ1) is 7.79. The van der Waals surface area contributed by atoms with Crippen molar-refractivity contribution in [1.82, 2.24) is 10.1 Å². The van der Waals surface area contributed by atoms with E-state index in [1.807, 2.05) is 6.07 Å². The lowest BCUT2D eigenvalue weighted by molar-refractivity contribution is 0.388. The lowest BCUT2D eigenvalue weighted by atomic mass is 10.3. The lowest BCUT2D eigenvalue weighted by Gasteiger charge is -2.04. The Morgan fingerprint density at radius 2 is 2.31 bits per heavy atom. The van der Waals surface area contributed by atoms with Crippen LogP contribution in [0.1, 0.15) is 11.5 Å². The minimum Gasteiger partial charge on any atom is -0.396 e. The van der Waals surface area contributed by atoms with Crippen LogP contribution in [0.3, 0.4) is 0 Å². The predicted octanol–water partition coefficient (Wildman–Crippen LogP) is 1.14. The molecule has 0 saturated carbocycles. The number of nitrogens with one attached hydrogen (secondary N) is 1. The Labute approximate surface area is 91.7 Å². The summed E-state index contributed by atoms with van der Waals surface area (Å²) in [5.41, 5.74) is 6.13. The second kappa shape index (κ2) is 4.31. The lowest BCUT2D eigenvalue weighted by Crippen LogP contribution is -2.03. The van der Waals surface area contributed by atoms with Gasteiger partial charge in [0.25, 0.3) is 0 Å². The van der Waals surface area contributed by atoms with Crippen LogP contribution in [0.4, 0.5) is 11.5 Å². The normalized spacial score (nSPS) is 9.69. The molecule has 3 N–H and O–H groups in total. The van der Waals surface area contributed by atoms with Gasteiger partial charge in [-0.3, -0.25) is 0 Å². The Morgan fingerprint density at radius 3 is 3.00 bits per heavy atom. The molecular weight excluding hydrogens is 206 g/mol. The molecule has 0 aliphatic heterocycles. The highest BCUT2D eigenvalue weighted by atomic mass is 16.5. The van der Waals surface area contributed by atoms with Gasteiger partial charge in [0.1, 0.15) is 11.9 Å². The fourth-order valence-corrected chi connectivity index (χ4v) is 1.17. The molecule has 0 aliphatic rings. The van der Waals surface area contributed by atoms with Crippen LogP contribution in [-0.4, -0.2) is 10.1 Å². The predicted molar refractivity (Wildman–Crippen MR) is 57.2 cm³/mol. The molecule has 2 aromatic rings. The maximum absolute atomic E-state index is 8.75. The molecule has 80 valence electrons. The smallest absolute Gasteiger partial charge is 0.165 e. The molecule has 6 heteroatoms. The van der Waals surface area contributed by atoms with Crippen molar-refractivity contribution in [2.75, 3.05) is 11.1 Å². The summed E-state index contributed by atoms with van der Waals surface area (Å²) in [7, 11) is 0. The van der Waals surface area contributed by atoms with Gasteiger partial charge in [0.2, 0.25) is 0 Å². The molecule has 6 nitrogen and oxygen atoms in total. The zero-order chi connectivity index (χ0) is 11.4. The van der Waals surface area contributed by atoms with Crippen molar-refractivity contribution < 1.29 is 4.52 Å². The van der Waals surface area contributed by atoms with Crippen LogP contribution in [0.15, 0.2) is 28.9 Å². The third-order valence-electron chi connectivity index (χ3n) is 1.97. The van der Waals surface area contributed by atoms with Gasteiger partial charge in [0, 0.05) is 6.07 Å². The van der Waals surface area contributed by atoms with Gasteiger partial charge >= 0.3 is 0 Å². The molecule has 0 amide bonds. The van der Waals surface area contributed by atoms with Crippen LogP contribution < -0.4 is 11.1 Å². The summed E-state index contributed by atoms with van der Waals surface area (Å²) in [6, 6.07) is 7.00. The molecule has 0 radical (unpaired) electrons. The molecule has 0 fully saturated rings. The van der Waals surface area contributed by atoms with Gasteiger partial charge in [-0.1, -0.05) is 5.16 Å². The van der Waals surface area contributed by atoms with Crippen molar-refractivity contribution in [3.8, 4) is 6.07 Å². The highest BCUT2D eigenvalue weighted by Gasteiger charge is 2.02. The number of hydrogen-bond donors (Lipinski definition) is 2. The molecule has 2 rings (SSSR count). The number of hydrogen-bond acceptors (Lipinski definition) is 6. The van der Waals surface area contributed by atoms with Gasteiger partial charge in [-0.2, -0.15) is 5.26 Å². The van der Waals surface area contributed by atoms with Crippen molar-refractivity contribution in [1.29, 1.82) is 5.26 Å². The summed E-state index contributed by atoms with van der Waals surface area (Å²) in [5, 5.41) is 15.3. The van der Waals surface area contributed by atoms with Gasteiger partial charge in [0.15, 0.2) is 11.5 Å². The van der Waals surface area contributed by atoms with Gasteiger partial charge in [0.05, 0.1) is 18.4 Å².